The van der Waals surface area contributed by atoms with Gasteiger partial charge in [-0.3, -0.25) is 4.79 Å². The molecule has 8 heteroatoms. The number of esters is 1. The SMILES string of the molecule is Cc1ccc(C)c(S(=O)(=O)Oc2ccccc2C(=O)OCC(=O)NC2CCCC2)c1. The number of nitrogens with one attached hydrogen (secondary N) is 1. The molecule has 2 aromatic rings. The maximum atomic E-state index is 12.8. The van der Waals surface area contributed by atoms with Gasteiger partial charge in [0.25, 0.3) is 5.91 Å². The Morgan fingerprint density at radius 1 is 1.07 bits per heavy atom. The van der Waals surface area contributed by atoms with Crippen molar-refractivity contribution in [3.8, 4) is 5.75 Å². The van der Waals surface area contributed by atoms with Crippen LogP contribution in [0.25, 0.3) is 0 Å². The van der Waals surface area contributed by atoms with Crippen LogP contribution < -0.4 is 9.50 Å². The van der Waals surface area contributed by atoms with E-state index in [0.717, 1.165) is 31.2 Å². The highest BCUT2D eigenvalue weighted by Crippen LogP contribution is 2.26. The first-order valence-electron chi connectivity index (χ1n) is 9.83. The molecule has 0 spiro atoms. The number of hydrogen-bond donors (Lipinski definition) is 1. The lowest BCUT2D eigenvalue weighted by atomic mass is 10.2. The lowest BCUT2D eigenvalue weighted by Gasteiger charge is -2.14. The topological polar surface area (TPSA) is 98.8 Å². The number of para-hydroxylation sites is 1. The molecule has 0 heterocycles. The van der Waals surface area contributed by atoms with E-state index in [-0.39, 0.29) is 28.2 Å². The maximum Gasteiger partial charge on any atom is 0.342 e. The fourth-order valence-electron chi connectivity index (χ4n) is 3.40. The van der Waals surface area contributed by atoms with Crippen LogP contribution in [0.3, 0.4) is 0 Å². The van der Waals surface area contributed by atoms with E-state index in [4.69, 9.17) is 8.92 Å². The second kappa shape index (κ2) is 9.30. The summed E-state index contributed by atoms with van der Waals surface area (Å²) in [6.07, 6.45) is 3.99. The van der Waals surface area contributed by atoms with Crippen LogP contribution in [-0.2, 0) is 19.6 Å². The van der Waals surface area contributed by atoms with E-state index in [1.165, 1.54) is 18.2 Å². The van der Waals surface area contributed by atoms with E-state index in [9.17, 15) is 18.0 Å². The monoisotopic (exact) mass is 431 g/mol. The van der Waals surface area contributed by atoms with Gasteiger partial charge in [0.15, 0.2) is 12.4 Å². The normalized spacial score (nSPS) is 14.3. The molecule has 1 saturated carbocycles. The molecule has 0 aliphatic heterocycles. The van der Waals surface area contributed by atoms with E-state index in [2.05, 4.69) is 5.32 Å². The molecule has 1 aliphatic rings. The van der Waals surface area contributed by atoms with Crippen LogP contribution in [0.5, 0.6) is 5.75 Å². The van der Waals surface area contributed by atoms with E-state index in [1.54, 1.807) is 38.1 Å². The summed E-state index contributed by atoms with van der Waals surface area (Å²) in [6, 6.07) is 11.0. The quantitative estimate of drug-likeness (QED) is 0.534. The zero-order valence-corrected chi connectivity index (χ0v) is 17.8. The van der Waals surface area contributed by atoms with E-state index < -0.39 is 22.7 Å². The van der Waals surface area contributed by atoms with Crippen molar-refractivity contribution in [2.24, 2.45) is 0 Å². The van der Waals surface area contributed by atoms with Gasteiger partial charge in [-0.15, -0.1) is 0 Å². The van der Waals surface area contributed by atoms with Crippen LogP contribution in [0, 0.1) is 13.8 Å². The number of benzene rings is 2. The molecule has 0 aromatic heterocycles. The molecule has 0 atom stereocenters. The highest BCUT2D eigenvalue weighted by molar-refractivity contribution is 7.87. The number of aryl methyl sites for hydroxylation is 2. The minimum atomic E-state index is -4.16. The summed E-state index contributed by atoms with van der Waals surface area (Å²) in [5.74, 6) is -1.36. The summed E-state index contributed by atoms with van der Waals surface area (Å²) < 4.78 is 35.9. The molecule has 3 rings (SSSR count). The van der Waals surface area contributed by atoms with Gasteiger partial charge >= 0.3 is 16.1 Å². The van der Waals surface area contributed by atoms with Crippen molar-refractivity contribution in [2.45, 2.75) is 50.5 Å². The predicted octanol–water partition coefficient (Wildman–Crippen LogP) is 3.29. The van der Waals surface area contributed by atoms with Gasteiger partial charge in [0.2, 0.25) is 0 Å². The van der Waals surface area contributed by atoms with Gasteiger partial charge in [0.1, 0.15) is 10.5 Å². The first-order chi connectivity index (χ1) is 14.3. The van der Waals surface area contributed by atoms with Crippen molar-refractivity contribution in [1.82, 2.24) is 5.32 Å². The maximum absolute atomic E-state index is 12.8. The standard InChI is InChI=1S/C22H25NO6S/c1-15-11-12-16(2)20(13-15)30(26,27)29-19-10-6-5-9-18(19)22(25)28-14-21(24)23-17-7-3-4-8-17/h5-6,9-13,17H,3-4,7-8,14H2,1-2H3,(H,23,24). The molecule has 1 aliphatic carbocycles. The van der Waals surface area contributed by atoms with Crippen LogP contribution in [0.2, 0.25) is 0 Å². The number of ether oxygens (including phenoxy) is 1. The lowest BCUT2D eigenvalue weighted by Crippen LogP contribution is -2.35. The summed E-state index contributed by atoms with van der Waals surface area (Å²) in [5, 5.41) is 2.83. The third-order valence-corrected chi connectivity index (χ3v) is 6.35. The highest BCUT2D eigenvalue weighted by Gasteiger charge is 2.24. The van der Waals surface area contributed by atoms with Gasteiger partial charge < -0.3 is 14.2 Å². The number of rotatable bonds is 7. The number of hydrogen-bond acceptors (Lipinski definition) is 6. The van der Waals surface area contributed by atoms with Crippen molar-refractivity contribution in [2.75, 3.05) is 6.61 Å². The highest BCUT2D eigenvalue weighted by atomic mass is 32.2. The van der Waals surface area contributed by atoms with Crippen LogP contribution in [0.4, 0.5) is 0 Å². The minimum Gasteiger partial charge on any atom is -0.452 e. The second-order valence-corrected chi connectivity index (χ2v) is 8.94. The molecule has 2 aromatic carbocycles. The summed E-state index contributed by atoms with van der Waals surface area (Å²) in [4.78, 5) is 24.5. The van der Waals surface area contributed by atoms with Crippen LogP contribution >= 0.6 is 0 Å². The predicted molar refractivity (Wildman–Crippen MR) is 111 cm³/mol. The smallest absolute Gasteiger partial charge is 0.342 e. The van der Waals surface area contributed by atoms with Crippen molar-refractivity contribution in [3.63, 3.8) is 0 Å². The van der Waals surface area contributed by atoms with E-state index in [1.807, 2.05) is 0 Å². The molecule has 160 valence electrons. The first kappa shape index (κ1) is 21.8. The third kappa shape index (κ3) is 5.38. The van der Waals surface area contributed by atoms with Gasteiger partial charge in [0, 0.05) is 6.04 Å². The first-order valence-corrected chi connectivity index (χ1v) is 11.2. The Morgan fingerprint density at radius 2 is 1.77 bits per heavy atom. The van der Waals surface area contributed by atoms with E-state index in [0.29, 0.717) is 5.56 Å². The van der Waals surface area contributed by atoms with Crippen LogP contribution in [0.1, 0.15) is 47.2 Å². The molecule has 7 nitrogen and oxygen atoms in total. The molecule has 0 unspecified atom stereocenters. The summed E-state index contributed by atoms with van der Waals surface area (Å²) in [6.45, 7) is 3.01. The molecule has 0 saturated heterocycles. The Labute approximate surface area is 176 Å². The average Bonchev–Trinajstić information content (AvgIpc) is 3.21. The zero-order chi connectivity index (χ0) is 21.7. The Kier molecular flexibility index (Phi) is 6.77. The largest absolute Gasteiger partial charge is 0.452 e. The molecular formula is C22H25NO6S. The summed E-state index contributed by atoms with van der Waals surface area (Å²) in [7, 11) is -4.16. The van der Waals surface area contributed by atoms with Gasteiger partial charge in [0.05, 0.1) is 0 Å². The molecule has 1 N–H and O–H groups in total. The molecule has 0 radical (unpaired) electrons. The van der Waals surface area contributed by atoms with Crippen molar-refractivity contribution >= 4 is 22.0 Å². The fourth-order valence-corrected chi connectivity index (χ4v) is 4.66. The number of amides is 1. The van der Waals surface area contributed by atoms with Gasteiger partial charge in [-0.2, -0.15) is 8.42 Å². The molecule has 30 heavy (non-hydrogen) atoms. The Morgan fingerprint density at radius 3 is 2.50 bits per heavy atom. The second-order valence-electron chi connectivity index (χ2n) is 7.43. The molecule has 1 amide bonds. The van der Waals surface area contributed by atoms with Gasteiger partial charge in [-0.1, -0.05) is 37.1 Å². The lowest BCUT2D eigenvalue weighted by molar-refractivity contribution is -0.124. The Balaban J connectivity index is 1.71. The Bertz CT molecular complexity index is 1040. The molecular weight excluding hydrogens is 406 g/mol. The third-order valence-electron chi connectivity index (χ3n) is 4.97. The van der Waals surface area contributed by atoms with E-state index >= 15 is 0 Å². The molecule has 1 fully saturated rings. The molecule has 0 bridgehead atoms. The average molecular weight is 432 g/mol. The van der Waals surface area contributed by atoms with Gasteiger partial charge in [-0.05, 0) is 56.0 Å². The minimum absolute atomic E-state index is 0.0293. The summed E-state index contributed by atoms with van der Waals surface area (Å²) in [5.41, 5.74) is 1.23. The number of carbonyl (C=O) groups excluding carboxylic acids is 2. The fraction of sp³-hybridized carbons (Fsp3) is 0.364. The zero-order valence-electron chi connectivity index (χ0n) is 17.0. The Hall–Kier alpha value is -2.87. The van der Waals surface area contributed by atoms with Crippen LogP contribution in [-0.4, -0.2) is 32.9 Å². The van der Waals surface area contributed by atoms with Gasteiger partial charge in [-0.25, -0.2) is 4.79 Å². The summed E-state index contributed by atoms with van der Waals surface area (Å²) >= 11 is 0. The van der Waals surface area contributed by atoms with Crippen molar-refractivity contribution < 1.29 is 26.9 Å². The number of carbonyl (C=O) groups is 2. The van der Waals surface area contributed by atoms with Crippen molar-refractivity contribution in [1.29, 1.82) is 0 Å². The van der Waals surface area contributed by atoms with Crippen LogP contribution in [0.15, 0.2) is 47.4 Å². The van der Waals surface area contributed by atoms with Crippen molar-refractivity contribution in [3.05, 3.63) is 59.2 Å².